The Morgan fingerprint density at radius 3 is 2.34 bits per heavy atom. The van der Waals surface area contributed by atoms with E-state index in [1.54, 1.807) is 0 Å². The number of hydrogen-bond acceptors (Lipinski definition) is 4. The number of alkyl halides is 3. The van der Waals surface area contributed by atoms with E-state index in [1.165, 1.54) is 12.1 Å². The first-order valence-corrected chi connectivity index (χ1v) is 11.3. The maximum Gasteiger partial charge on any atom is 0.471 e. The Balaban J connectivity index is 2.03. The van der Waals surface area contributed by atoms with Gasteiger partial charge < -0.3 is 9.64 Å². The second-order valence-electron chi connectivity index (χ2n) is 7.51. The Morgan fingerprint density at radius 1 is 1.09 bits per heavy atom. The molecule has 0 unspecified atom stereocenters. The molecule has 12 heteroatoms. The summed E-state index contributed by atoms with van der Waals surface area (Å²) >= 11 is 5.82. The van der Waals surface area contributed by atoms with Crippen LogP contribution in [-0.2, 0) is 19.4 Å². The van der Waals surface area contributed by atoms with Crippen LogP contribution in [0.4, 0.5) is 22.0 Å². The van der Waals surface area contributed by atoms with Crippen molar-refractivity contribution in [2.24, 2.45) is 0 Å². The van der Waals surface area contributed by atoms with Crippen LogP contribution < -0.4 is 4.74 Å². The highest BCUT2D eigenvalue weighted by molar-refractivity contribution is 7.92. The fraction of sp³-hybridized carbons (Fsp3) is 0.350. The highest BCUT2D eigenvalue weighted by Crippen LogP contribution is 2.54. The number of fused-ring (bicyclic) bond motifs is 3. The summed E-state index contributed by atoms with van der Waals surface area (Å²) in [5.41, 5.74) is -0.719. The molecule has 0 aliphatic carbocycles. The van der Waals surface area contributed by atoms with E-state index in [2.05, 4.69) is 0 Å². The van der Waals surface area contributed by atoms with E-state index in [-0.39, 0.29) is 22.8 Å². The fourth-order valence-electron chi connectivity index (χ4n) is 4.51. The van der Waals surface area contributed by atoms with E-state index in [9.17, 15) is 30.8 Å². The molecule has 2 aromatic carbocycles. The van der Waals surface area contributed by atoms with Gasteiger partial charge in [-0.3, -0.25) is 4.79 Å². The Morgan fingerprint density at radius 2 is 1.72 bits per heavy atom. The van der Waals surface area contributed by atoms with E-state index in [0.29, 0.717) is 11.0 Å². The number of nitrogens with zero attached hydrogens (tertiary/aromatic N) is 1. The molecule has 0 spiro atoms. The molecule has 4 rings (SSSR count). The molecule has 1 amide bonds. The molecular formula is C20H15ClF5NO4S. The summed E-state index contributed by atoms with van der Waals surface area (Å²) in [6.07, 6.45) is -5.84. The molecule has 1 saturated heterocycles. The number of halogens is 6. The maximum atomic E-state index is 15.1. The molecule has 0 aromatic heterocycles. The van der Waals surface area contributed by atoms with Gasteiger partial charge in [-0.15, -0.1) is 0 Å². The summed E-state index contributed by atoms with van der Waals surface area (Å²) in [5.74, 6) is -5.20. The molecule has 0 bridgehead atoms. The van der Waals surface area contributed by atoms with Gasteiger partial charge >= 0.3 is 12.1 Å². The van der Waals surface area contributed by atoms with Crippen LogP contribution in [0.15, 0.2) is 41.3 Å². The van der Waals surface area contributed by atoms with Crippen molar-refractivity contribution in [3.8, 4) is 5.75 Å². The van der Waals surface area contributed by atoms with Crippen LogP contribution in [0.25, 0.3) is 0 Å². The first-order chi connectivity index (χ1) is 14.9. The molecule has 1 fully saturated rings. The van der Waals surface area contributed by atoms with Gasteiger partial charge in [-0.25, -0.2) is 17.2 Å². The van der Waals surface area contributed by atoms with Gasteiger partial charge in [-0.2, -0.15) is 13.2 Å². The normalized spacial score (nSPS) is 23.2. The number of carbonyl (C=O) groups excluding carboxylic acids is 1. The molecule has 32 heavy (non-hydrogen) atoms. The van der Waals surface area contributed by atoms with Gasteiger partial charge in [0.2, 0.25) is 0 Å². The number of amides is 1. The predicted molar refractivity (Wildman–Crippen MR) is 103 cm³/mol. The van der Waals surface area contributed by atoms with Crippen LogP contribution in [0, 0.1) is 11.6 Å². The summed E-state index contributed by atoms with van der Waals surface area (Å²) in [6.45, 7) is -1.18. The standard InChI is InChI=1S/C20H15ClF5NO4S/c21-11-2-4-12(5-3-11)32(29,30)19-8-1-9-27(18(28)20(24,25)26)15(19)10-31-17-14(23)7-6-13(22)16(17)19/h2-7,15H,1,8-10H2/t15-,19+/m0/s1. The van der Waals surface area contributed by atoms with E-state index < -0.39 is 68.8 Å². The number of likely N-dealkylation sites (tertiary alicyclic amines) is 1. The van der Waals surface area contributed by atoms with Gasteiger partial charge in [0.15, 0.2) is 21.4 Å². The lowest BCUT2D eigenvalue weighted by atomic mass is 9.80. The summed E-state index contributed by atoms with van der Waals surface area (Å²) in [6, 6.07) is 4.44. The highest BCUT2D eigenvalue weighted by atomic mass is 35.5. The summed E-state index contributed by atoms with van der Waals surface area (Å²) in [5, 5.41) is 0.195. The van der Waals surface area contributed by atoms with Crippen molar-refractivity contribution in [2.45, 2.75) is 34.7 Å². The fourth-order valence-corrected chi connectivity index (χ4v) is 6.98. The first-order valence-electron chi connectivity index (χ1n) is 9.40. The molecule has 0 N–H and O–H groups in total. The van der Waals surface area contributed by atoms with Crippen LogP contribution in [0.2, 0.25) is 5.02 Å². The smallest absolute Gasteiger partial charge is 0.471 e. The second kappa shape index (κ2) is 7.58. The van der Waals surface area contributed by atoms with E-state index in [4.69, 9.17) is 16.3 Å². The first kappa shape index (κ1) is 22.8. The van der Waals surface area contributed by atoms with Crippen molar-refractivity contribution in [1.29, 1.82) is 0 Å². The van der Waals surface area contributed by atoms with Crippen LogP contribution in [0.5, 0.6) is 5.75 Å². The number of carbonyl (C=O) groups is 1. The number of sulfone groups is 1. The van der Waals surface area contributed by atoms with Crippen molar-refractivity contribution in [1.82, 2.24) is 4.90 Å². The Hall–Kier alpha value is -2.40. The molecule has 2 aliphatic rings. The second-order valence-corrected chi connectivity index (χ2v) is 10.2. The number of hydrogen-bond donors (Lipinski definition) is 0. The zero-order valence-electron chi connectivity index (χ0n) is 16.1. The molecule has 2 heterocycles. The molecule has 2 aromatic rings. The lowest BCUT2D eigenvalue weighted by Crippen LogP contribution is -2.65. The lowest BCUT2D eigenvalue weighted by Gasteiger charge is -2.51. The number of ether oxygens (including phenoxy) is 1. The van der Waals surface area contributed by atoms with Crippen molar-refractivity contribution in [3.05, 3.63) is 58.6 Å². The molecule has 2 aliphatic heterocycles. The summed E-state index contributed by atoms with van der Waals surface area (Å²) < 4.78 is 100. The average Bonchev–Trinajstić information content (AvgIpc) is 2.74. The minimum absolute atomic E-state index is 0.194. The number of piperidine rings is 1. The van der Waals surface area contributed by atoms with Gasteiger partial charge in [0.25, 0.3) is 0 Å². The Labute approximate surface area is 184 Å². The summed E-state index contributed by atoms with van der Waals surface area (Å²) in [4.78, 5) is 12.1. The molecule has 172 valence electrons. The van der Waals surface area contributed by atoms with E-state index >= 15 is 4.39 Å². The van der Waals surface area contributed by atoms with Crippen LogP contribution in [0.1, 0.15) is 18.4 Å². The lowest BCUT2D eigenvalue weighted by molar-refractivity contribution is -0.191. The summed E-state index contributed by atoms with van der Waals surface area (Å²) in [7, 11) is -4.67. The minimum Gasteiger partial charge on any atom is -0.488 e. The van der Waals surface area contributed by atoms with Crippen LogP contribution in [-0.4, -0.2) is 44.6 Å². The molecular weight excluding hydrogens is 481 g/mol. The topological polar surface area (TPSA) is 63.7 Å². The van der Waals surface area contributed by atoms with Gasteiger partial charge in [-0.1, -0.05) is 11.6 Å². The van der Waals surface area contributed by atoms with Crippen molar-refractivity contribution >= 4 is 27.3 Å². The van der Waals surface area contributed by atoms with E-state index in [1.807, 2.05) is 0 Å². The van der Waals surface area contributed by atoms with Gasteiger partial charge in [0.05, 0.1) is 16.5 Å². The number of rotatable bonds is 2. The quantitative estimate of drug-likeness (QED) is 0.585. The molecule has 5 nitrogen and oxygen atoms in total. The third kappa shape index (κ3) is 3.24. The molecule has 0 saturated carbocycles. The van der Waals surface area contributed by atoms with E-state index in [0.717, 1.165) is 18.2 Å². The van der Waals surface area contributed by atoms with Crippen molar-refractivity contribution in [3.63, 3.8) is 0 Å². The van der Waals surface area contributed by atoms with Crippen molar-refractivity contribution in [2.75, 3.05) is 13.2 Å². The SMILES string of the molecule is O=C(N1CCC[C@]2(S(=O)(=O)c3ccc(Cl)cc3)c3c(F)ccc(F)c3OC[C@H]12)C(F)(F)F. The largest absolute Gasteiger partial charge is 0.488 e. The van der Waals surface area contributed by atoms with Crippen LogP contribution >= 0.6 is 11.6 Å². The van der Waals surface area contributed by atoms with Gasteiger partial charge in [-0.05, 0) is 49.2 Å². The minimum atomic E-state index is -5.30. The Bertz CT molecular complexity index is 1190. The Kier molecular flexibility index (Phi) is 5.40. The maximum absolute atomic E-state index is 15.1. The predicted octanol–water partition coefficient (Wildman–Crippen LogP) is 4.23. The molecule has 0 radical (unpaired) electrons. The third-order valence-electron chi connectivity index (χ3n) is 5.84. The number of benzene rings is 2. The highest BCUT2D eigenvalue weighted by Gasteiger charge is 2.63. The monoisotopic (exact) mass is 495 g/mol. The molecule has 2 atom stereocenters. The zero-order valence-corrected chi connectivity index (χ0v) is 17.7. The van der Waals surface area contributed by atoms with Crippen LogP contribution in [0.3, 0.4) is 0 Å². The average molecular weight is 496 g/mol. The van der Waals surface area contributed by atoms with Gasteiger partial charge in [0, 0.05) is 11.6 Å². The zero-order chi connectivity index (χ0) is 23.5. The third-order valence-corrected chi connectivity index (χ3v) is 8.62. The van der Waals surface area contributed by atoms with Crippen molar-refractivity contribution < 1.29 is 39.9 Å². The van der Waals surface area contributed by atoms with Gasteiger partial charge in [0.1, 0.15) is 17.2 Å².